The van der Waals surface area contributed by atoms with Crippen LogP contribution in [0.3, 0.4) is 0 Å². The molecule has 0 N–H and O–H groups in total. The summed E-state index contributed by atoms with van der Waals surface area (Å²) in [5.74, 6) is -0.357. The average Bonchev–Trinajstić information content (AvgIpc) is 3.51. The molecule has 1 unspecified atom stereocenters. The first-order chi connectivity index (χ1) is 16.6. The predicted molar refractivity (Wildman–Crippen MR) is 128 cm³/mol. The average molecular weight is 488 g/mol. The monoisotopic (exact) mass is 487 g/mol. The molecule has 0 spiro atoms. The number of pyridine rings is 2. The van der Waals surface area contributed by atoms with Gasteiger partial charge in [-0.15, -0.1) is 11.3 Å². The van der Waals surface area contributed by atoms with Gasteiger partial charge in [0.1, 0.15) is 16.4 Å². The number of thiazole rings is 1. The standard InChI is InChI=1S/C25H18ClN5O2S/c26-18-7-5-17(6-8-18)25-13-20-19(4-2-10-28-20)23(32)30(25)11-12-31(25)24(33)21-15-34-22(29-21)16-3-1-9-27-14-16/h1-10,14-15H,11-13H2. The first-order valence-electron chi connectivity index (χ1n) is 10.8. The van der Waals surface area contributed by atoms with Crippen molar-refractivity contribution in [3.63, 3.8) is 0 Å². The van der Waals surface area contributed by atoms with Gasteiger partial charge in [0.15, 0.2) is 0 Å². The molecule has 168 valence electrons. The van der Waals surface area contributed by atoms with Crippen molar-refractivity contribution in [2.75, 3.05) is 13.1 Å². The summed E-state index contributed by atoms with van der Waals surface area (Å²) in [6.07, 6.45) is 5.49. The van der Waals surface area contributed by atoms with Gasteiger partial charge in [-0.3, -0.25) is 19.6 Å². The molecule has 0 radical (unpaired) electrons. The lowest BCUT2D eigenvalue weighted by molar-refractivity contribution is 0.00679. The van der Waals surface area contributed by atoms with Crippen molar-refractivity contribution in [2.24, 2.45) is 0 Å². The summed E-state index contributed by atoms with van der Waals surface area (Å²) >= 11 is 7.57. The minimum atomic E-state index is -1.00. The second kappa shape index (κ2) is 8.00. The number of fused-ring (bicyclic) bond motifs is 2. The normalized spacial score (nSPS) is 19.1. The summed E-state index contributed by atoms with van der Waals surface area (Å²) in [4.78, 5) is 44.2. The fourth-order valence-electron chi connectivity index (χ4n) is 4.86. The minimum Gasteiger partial charge on any atom is -0.309 e. The summed E-state index contributed by atoms with van der Waals surface area (Å²) < 4.78 is 0. The molecule has 1 aromatic carbocycles. The number of hydrogen-bond donors (Lipinski definition) is 0. The Balaban J connectivity index is 1.46. The van der Waals surface area contributed by atoms with Crippen molar-refractivity contribution in [2.45, 2.75) is 12.1 Å². The molecule has 5 heterocycles. The molecule has 9 heteroatoms. The molecule has 6 rings (SSSR count). The van der Waals surface area contributed by atoms with Crippen molar-refractivity contribution in [1.29, 1.82) is 0 Å². The second-order valence-corrected chi connectivity index (χ2v) is 9.49. The molecule has 7 nitrogen and oxygen atoms in total. The Morgan fingerprint density at radius 3 is 2.68 bits per heavy atom. The van der Waals surface area contributed by atoms with Crippen LogP contribution in [-0.2, 0) is 12.1 Å². The van der Waals surface area contributed by atoms with Gasteiger partial charge < -0.3 is 9.80 Å². The zero-order chi connectivity index (χ0) is 23.3. The molecule has 2 aliphatic rings. The summed E-state index contributed by atoms with van der Waals surface area (Å²) in [6.45, 7) is 0.808. The minimum absolute atomic E-state index is 0.131. The van der Waals surface area contributed by atoms with Crippen LogP contribution in [0.15, 0.2) is 72.5 Å². The molecule has 2 aliphatic heterocycles. The van der Waals surface area contributed by atoms with E-state index in [-0.39, 0.29) is 11.8 Å². The molecular formula is C25H18ClN5O2S. The predicted octanol–water partition coefficient (Wildman–Crippen LogP) is 4.26. The molecule has 3 aromatic heterocycles. The lowest BCUT2D eigenvalue weighted by atomic mass is 9.86. The maximum absolute atomic E-state index is 13.9. The SMILES string of the molecule is O=C(c1csc(-c2cccnc2)n1)N1CCN2C(=O)c3cccnc3CC12c1ccc(Cl)cc1. The number of halogens is 1. The number of carbonyl (C=O) groups excluding carboxylic acids is 2. The number of carbonyl (C=O) groups is 2. The fourth-order valence-corrected chi connectivity index (χ4v) is 5.77. The zero-order valence-electron chi connectivity index (χ0n) is 17.9. The molecule has 4 aromatic rings. The van der Waals surface area contributed by atoms with Crippen molar-refractivity contribution in [1.82, 2.24) is 24.8 Å². The van der Waals surface area contributed by atoms with Crippen molar-refractivity contribution in [3.05, 3.63) is 100 Å². The summed E-state index contributed by atoms with van der Waals surface area (Å²) in [5.41, 5.74) is 2.26. The number of benzene rings is 1. The fraction of sp³-hybridized carbons (Fsp3) is 0.160. The van der Waals surface area contributed by atoms with E-state index in [1.54, 1.807) is 58.0 Å². The Morgan fingerprint density at radius 2 is 1.88 bits per heavy atom. The highest BCUT2D eigenvalue weighted by molar-refractivity contribution is 7.13. The Hall–Kier alpha value is -3.62. The van der Waals surface area contributed by atoms with Crippen LogP contribution in [0.2, 0.25) is 5.02 Å². The van der Waals surface area contributed by atoms with Gasteiger partial charge in [0.2, 0.25) is 0 Å². The molecule has 0 bridgehead atoms. The molecule has 0 aliphatic carbocycles. The summed E-state index contributed by atoms with van der Waals surface area (Å²) in [7, 11) is 0. The van der Waals surface area contributed by atoms with E-state index >= 15 is 0 Å². The summed E-state index contributed by atoms with van der Waals surface area (Å²) in [6, 6.07) is 14.6. The largest absolute Gasteiger partial charge is 0.309 e. The number of nitrogens with zero attached hydrogens (tertiary/aromatic N) is 5. The van der Waals surface area contributed by atoms with Gasteiger partial charge in [0, 0.05) is 54.1 Å². The molecule has 1 atom stereocenters. The molecule has 0 saturated carbocycles. The number of amides is 2. The topological polar surface area (TPSA) is 79.3 Å². The van der Waals surface area contributed by atoms with Crippen LogP contribution in [0.1, 0.15) is 32.1 Å². The molecule has 1 fully saturated rings. The smallest absolute Gasteiger partial charge is 0.275 e. The van der Waals surface area contributed by atoms with Crippen LogP contribution in [0.25, 0.3) is 10.6 Å². The zero-order valence-corrected chi connectivity index (χ0v) is 19.5. The van der Waals surface area contributed by atoms with E-state index in [0.717, 1.165) is 16.1 Å². The maximum Gasteiger partial charge on any atom is 0.275 e. The lowest BCUT2D eigenvalue weighted by Gasteiger charge is -2.46. The third-order valence-corrected chi connectivity index (χ3v) is 7.55. The molecule has 2 amide bonds. The Kier molecular flexibility index (Phi) is 4.93. The van der Waals surface area contributed by atoms with E-state index in [0.29, 0.717) is 41.5 Å². The van der Waals surface area contributed by atoms with Crippen LogP contribution in [0.5, 0.6) is 0 Å². The molecule has 1 saturated heterocycles. The van der Waals surface area contributed by atoms with E-state index < -0.39 is 5.66 Å². The third-order valence-electron chi connectivity index (χ3n) is 6.40. The Morgan fingerprint density at radius 1 is 1.06 bits per heavy atom. The van der Waals surface area contributed by atoms with Crippen molar-refractivity contribution in [3.8, 4) is 10.6 Å². The number of hydrogen-bond acceptors (Lipinski definition) is 6. The number of rotatable bonds is 3. The van der Waals surface area contributed by atoms with Gasteiger partial charge in [-0.1, -0.05) is 23.7 Å². The quantitative estimate of drug-likeness (QED) is 0.431. The van der Waals surface area contributed by atoms with Crippen molar-refractivity contribution < 1.29 is 9.59 Å². The Labute approximate surface area is 204 Å². The van der Waals surface area contributed by atoms with E-state index in [4.69, 9.17) is 11.6 Å². The van der Waals surface area contributed by atoms with Crippen LogP contribution in [0.4, 0.5) is 0 Å². The van der Waals surface area contributed by atoms with Gasteiger partial charge in [-0.25, -0.2) is 4.98 Å². The maximum atomic E-state index is 13.9. The van der Waals surface area contributed by atoms with Gasteiger partial charge >= 0.3 is 0 Å². The van der Waals surface area contributed by atoms with Gasteiger partial charge in [-0.2, -0.15) is 0 Å². The van der Waals surface area contributed by atoms with E-state index in [1.165, 1.54) is 11.3 Å². The highest BCUT2D eigenvalue weighted by Gasteiger charge is 2.56. The highest BCUT2D eigenvalue weighted by Crippen LogP contribution is 2.45. The van der Waals surface area contributed by atoms with Crippen LogP contribution >= 0.6 is 22.9 Å². The van der Waals surface area contributed by atoms with Gasteiger partial charge in [-0.05, 0) is 42.0 Å². The van der Waals surface area contributed by atoms with Gasteiger partial charge in [0.25, 0.3) is 11.8 Å². The van der Waals surface area contributed by atoms with Crippen LogP contribution in [-0.4, -0.2) is 49.7 Å². The Bertz CT molecular complexity index is 1410. The van der Waals surface area contributed by atoms with Crippen LogP contribution in [0, 0.1) is 0 Å². The first kappa shape index (κ1) is 20.9. The highest BCUT2D eigenvalue weighted by atomic mass is 35.5. The van der Waals surface area contributed by atoms with Crippen molar-refractivity contribution >= 4 is 34.8 Å². The number of aromatic nitrogens is 3. The summed E-state index contributed by atoms with van der Waals surface area (Å²) in [5, 5.41) is 3.07. The third kappa shape index (κ3) is 3.13. The van der Waals surface area contributed by atoms with E-state index in [1.807, 2.05) is 24.3 Å². The van der Waals surface area contributed by atoms with Crippen LogP contribution < -0.4 is 0 Å². The van der Waals surface area contributed by atoms with E-state index in [2.05, 4.69) is 15.0 Å². The lowest BCUT2D eigenvalue weighted by Crippen LogP contribution is -2.58. The first-order valence-corrected chi connectivity index (χ1v) is 12.0. The molecule has 34 heavy (non-hydrogen) atoms. The van der Waals surface area contributed by atoms with E-state index in [9.17, 15) is 9.59 Å². The molecular weight excluding hydrogens is 470 g/mol. The second-order valence-electron chi connectivity index (χ2n) is 8.19. The van der Waals surface area contributed by atoms with Gasteiger partial charge in [0.05, 0.1) is 11.3 Å².